The lowest BCUT2D eigenvalue weighted by atomic mass is 10.3. The number of hydrogen-bond acceptors (Lipinski definition) is 6. The van der Waals surface area contributed by atoms with Crippen LogP contribution >= 0.6 is 23.4 Å². The van der Waals surface area contributed by atoms with Gasteiger partial charge in [-0.1, -0.05) is 11.6 Å². The first kappa shape index (κ1) is 16.5. The number of nitrogens with zero attached hydrogens (tertiary/aromatic N) is 5. The number of pyridine rings is 1. The van der Waals surface area contributed by atoms with Gasteiger partial charge in [0, 0.05) is 24.0 Å². The van der Waals surface area contributed by atoms with E-state index in [1.54, 1.807) is 30.4 Å². The van der Waals surface area contributed by atoms with Gasteiger partial charge in [0.1, 0.15) is 5.82 Å². The van der Waals surface area contributed by atoms with Crippen molar-refractivity contribution in [3.63, 3.8) is 0 Å². The third-order valence-corrected chi connectivity index (χ3v) is 4.28. The summed E-state index contributed by atoms with van der Waals surface area (Å²) in [6.45, 7) is 5.61. The zero-order valence-electron chi connectivity index (χ0n) is 13.0. The SMILES string of the molecule is C=N/C(=C\SCNc1cnccn1)c1c(C)nc2c(Cl)cccn12. The van der Waals surface area contributed by atoms with Crippen molar-refractivity contribution in [3.05, 3.63) is 58.7 Å². The molecule has 6 nitrogen and oxygen atoms in total. The van der Waals surface area contributed by atoms with Crippen molar-refractivity contribution in [2.75, 3.05) is 11.2 Å². The molecule has 0 atom stereocenters. The predicted molar refractivity (Wildman–Crippen MR) is 101 cm³/mol. The van der Waals surface area contributed by atoms with Gasteiger partial charge in [0.25, 0.3) is 0 Å². The second-order valence-electron chi connectivity index (χ2n) is 4.84. The fourth-order valence-electron chi connectivity index (χ4n) is 2.25. The Morgan fingerprint density at radius 3 is 3.12 bits per heavy atom. The number of anilines is 1. The normalized spacial score (nSPS) is 11.7. The average Bonchev–Trinajstić information content (AvgIpc) is 2.94. The molecule has 8 heteroatoms. The molecule has 0 bridgehead atoms. The molecular formula is C16H15ClN6S. The van der Waals surface area contributed by atoms with Gasteiger partial charge in [-0.3, -0.25) is 14.4 Å². The molecule has 0 spiro atoms. The number of hydrogen-bond donors (Lipinski definition) is 1. The number of thioether (sulfide) groups is 1. The molecule has 1 N–H and O–H groups in total. The van der Waals surface area contributed by atoms with Crippen LogP contribution in [0.1, 0.15) is 11.4 Å². The van der Waals surface area contributed by atoms with Crippen molar-refractivity contribution in [1.29, 1.82) is 0 Å². The van der Waals surface area contributed by atoms with Crippen molar-refractivity contribution >= 4 is 47.2 Å². The summed E-state index contributed by atoms with van der Waals surface area (Å²) in [4.78, 5) is 16.8. The maximum atomic E-state index is 6.21. The lowest BCUT2D eigenvalue weighted by Gasteiger charge is -2.05. The summed E-state index contributed by atoms with van der Waals surface area (Å²) in [5, 5.41) is 5.71. The molecule has 0 aliphatic carbocycles. The number of imidazole rings is 1. The number of fused-ring (bicyclic) bond motifs is 1. The topological polar surface area (TPSA) is 67.5 Å². The van der Waals surface area contributed by atoms with Crippen LogP contribution in [0.25, 0.3) is 11.3 Å². The van der Waals surface area contributed by atoms with Crippen molar-refractivity contribution in [1.82, 2.24) is 19.4 Å². The van der Waals surface area contributed by atoms with E-state index in [9.17, 15) is 0 Å². The summed E-state index contributed by atoms with van der Waals surface area (Å²) in [6.07, 6.45) is 6.87. The van der Waals surface area contributed by atoms with E-state index in [1.165, 1.54) is 0 Å². The maximum Gasteiger partial charge on any atom is 0.156 e. The molecular weight excluding hydrogens is 344 g/mol. The Morgan fingerprint density at radius 1 is 1.50 bits per heavy atom. The molecule has 0 saturated heterocycles. The summed E-state index contributed by atoms with van der Waals surface area (Å²) in [5.41, 5.74) is 3.19. The van der Waals surface area contributed by atoms with Crippen LogP contribution in [-0.2, 0) is 0 Å². The van der Waals surface area contributed by atoms with Crippen LogP contribution in [0.4, 0.5) is 5.82 Å². The van der Waals surface area contributed by atoms with E-state index in [2.05, 4.69) is 32.0 Å². The van der Waals surface area contributed by atoms with Gasteiger partial charge in [0.2, 0.25) is 0 Å². The largest absolute Gasteiger partial charge is 0.359 e. The summed E-state index contributed by atoms with van der Waals surface area (Å²) in [6, 6.07) is 3.70. The minimum atomic E-state index is 0.604. The van der Waals surface area contributed by atoms with Crippen LogP contribution in [0.3, 0.4) is 0 Å². The van der Waals surface area contributed by atoms with Crippen LogP contribution in [0, 0.1) is 6.92 Å². The van der Waals surface area contributed by atoms with Gasteiger partial charge in [-0.2, -0.15) is 0 Å². The molecule has 0 unspecified atom stereocenters. The number of nitrogens with one attached hydrogen (secondary N) is 1. The highest BCUT2D eigenvalue weighted by molar-refractivity contribution is 8.02. The highest BCUT2D eigenvalue weighted by atomic mass is 35.5. The highest BCUT2D eigenvalue weighted by Gasteiger charge is 2.14. The molecule has 0 aromatic carbocycles. The van der Waals surface area contributed by atoms with Gasteiger partial charge in [-0.15, -0.1) is 11.8 Å². The summed E-state index contributed by atoms with van der Waals surface area (Å²) in [5.74, 6) is 1.36. The summed E-state index contributed by atoms with van der Waals surface area (Å²) in [7, 11) is 0. The van der Waals surface area contributed by atoms with Crippen LogP contribution in [0.2, 0.25) is 5.02 Å². The fourth-order valence-corrected chi connectivity index (χ4v) is 3.12. The number of aryl methyl sites for hydroxylation is 1. The molecule has 0 aliphatic heterocycles. The zero-order chi connectivity index (χ0) is 16.9. The number of halogens is 1. The van der Waals surface area contributed by atoms with E-state index < -0.39 is 0 Å². The molecule has 0 aliphatic rings. The van der Waals surface area contributed by atoms with E-state index in [1.807, 2.05) is 35.1 Å². The second kappa shape index (κ2) is 7.46. The molecule has 122 valence electrons. The first-order valence-electron chi connectivity index (χ1n) is 7.12. The highest BCUT2D eigenvalue weighted by Crippen LogP contribution is 2.27. The van der Waals surface area contributed by atoms with Gasteiger partial charge in [-0.25, -0.2) is 9.97 Å². The quantitative estimate of drug-likeness (QED) is 0.411. The van der Waals surface area contributed by atoms with E-state index in [0.29, 0.717) is 16.5 Å². The van der Waals surface area contributed by atoms with Crippen LogP contribution < -0.4 is 5.32 Å². The Balaban J connectivity index is 1.80. The third-order valence-electron chi connectivity index (χ3n) is 3.28. The summed E-state index contributed by atoms with van der Waals surface area (Å²) >= 11 is 7.76. The van der Waals surface area contributed by atoms with E-state index in [-0.39, 0.29) is 0 Å². The molecule has 3 aromatic heterocycles. The van der Waals surface area contributed by atoms with E-state index >= 15 is 0 Å². The second-order valence-corrected chi connectivity index (χ2v) is 6.10. The number of rotatable bonds is 6. The Bertz CT molecular complexity index is 890. The molecule has 3 rings (SSSR count). The lowest BCUT2D eigenvalue weighted by molar-refractivity contribution is 1.14. The van der Waals surface area contributed by atoms with Gasteiger partial charge in [0.15, 0.2) is 5.65 Å². The van der Waals surface area contributed by atoms with Crippen molar-refractivity contribution in [2.45, 2.75) is 6.92 Å². The Morgan fingerprint density at radius 2 is 2.38 bits per heavy atom. The summed E-state index contributed by atoms with van der Waals surface area (Å²) < 4.78 is 1.93. The van der Waals surface area contributed by atoms with Crippen LogP contribution in [-0.4, -0.2) is 31.9 Å². The predicted octanol–water partition coefficient (Wildman–Crippen LogP) is 3.89. The molecule has 0 saturated carbocycles. The fraction of sp³-hybridized carbons (Fsp3) is 0.125. The zero-order valence-corrected chi connectivity index (χ0v) is 14.6. The van der Waals surface area contributed by atoms with Crippen LogP contribution in [0.15, 0.2) is 47.3 Å². The Labute approximate surface area is 148 Å². The van der Waals surface area contributed by atoms with Crippen molar-refractivity contribution in [2.24, 2.45) is 4.99 Å². The van der Waals surface area contributed by atoms with E-state index in [0.717, 1.165) is 22.9 Å². The first-order valence-corrected chi connectivity index (χ1v) is 8.55. The Hall–Kier alpha value is -2.38. The molecule has 3 aromatic rings. The lowest BCUT2D eigenvalue weighted by Crippen LogP contribution is -1.99. The third kappa shape index (κ3) is 3.42. The van der Waals surface area contributed by atoms with Crippen molar-refractivity contribution in [3.8, 4) is 0 Å². The molecule has 0 amide bonds. The number of aromatic nitrogens is 4. The Kier molecular flexibility index (Phi) is 5.12. The minimum absolute atomic E-state index is 0.604. The van der Waals surface area contributed by atoms with Crippen molar-refractivity contribution < 1.29 is 0 Å². The standard InChI is InChI=1S/C16H15ClN6S/c1-11-15(23-7-3-4-12(17)16(23)22-11)13(18-2)9-24-10-21-14-8-19-5-6-20-14/h3-9H,2,10H2,1H3,(H,20,21)/b13-9-. The molecule has 3 heterocycles. The van der Waals surface area contributed by atoms with Crippen LogP contribution in [0.5, 0.6) is 0 Å². The smallest absolute Gasteiger partial charge is 0.156 e. The van der Waals surface area contributed by atoms with Gasteiger partial charge >= 0.3 is 0 Å². The van der Waals surface area contributed by atoms with Gasteiger partial charge < -0.3 is 5.32 Å². The molecule has 0 fully saturated rings. The van der Waals surface area contributed by atoms with Gasteiger partial charge in [0.05, 0.1) is 34.2 Å². The average molecular weight is 359 g/mol. The molecule has 24 heavy (non-hydrogen) atoms. The van der Waals surface area contributed by atoms with Gasteiger partial charge in [-0.05, 0) is 25.8 Å². The van der Waals surface area contributed by atoms with E-state index in [4.69, 9.17) is 11.6 Å². The monoisotopic (exact) mass is 358 g/mol. The number of aliphatic imine (C=N–C) groups is 1. The first-order chi connectivity index (χ1) is 11.7. The minimum Gasteiger partial charge on any atom is -0.359 e. The molecule has 0 radical (unpaired) electrons. The maximum absolute atomic E-state index is 6.21.